The lowest BCUT2D eigenvalue weighted by Crippen LogP contribution is -2.25. The molecule has 0 fully saturated rings. The zero-order chi connectivity index (χ0) is 12.0. The minimum Gasteiger partial charge on any atom is -0.305 e. The summed E-state index contributed by atoms with van der Waals surface area (Å²) in [6.07, 6.45) is 0.510. The van der Waals surface area contributed by atoms with Gasteiger partial charge in [0, 0.05) is 11.6 Å². The molecule has 0 aromatic heterocycles. The molecule has 0 aliphatic carbocycles. The first-order chi connectivity index (χ1) is 7.56. The van der Waals surface area contributed by atoms with Crippen molar-refractivity contribution < 1.29 is 13.3 Å². The van der Waals surface area contributed by atoms with Crippen molar-refractivity contribution in [3.63, 3.8) is 0 Å². The van der Waals surface area contributed by atoms with Crippen LogP contribution in [0.4, 0.5) is 0 Å². The average Bonchev–Trinajstić information content (AvgIpc) is 2.24. The standard InChI is InChI=1S/C9H13ClN2O3S/c10-8-3-1-4-9(7-8)16(13,14)12-5-2-6-15-11/h1,3-4,7,12H,2,5-6,11H2. The van der Waals surface area contributed by atoms with Gasteiger partial charge in [-0.3, -0.25) is 0 Å². The molecule has 0 atom stereocenters. The summed E-state index contributed by atoms with van der Waals surface area (Å²) in [5, 5.41) is 0.383. The molecule has 16 heavy (non-hydrogen) atoms. The van der Waals surface area contributed by atoms with Crippen LogP contribution in [0.1, 0.15) is 6.42 Å². The van der Waals surface area contributed by atoms with Crippen molar-refractivity contribution in [1.29, 1.82) is 0 Å². The average molecular weight is 265 g/mol. The zero-order valence-electron chi connectivity index (χ0n) is 8.52. The lowest BCUT2D eigenvalue weighted by atomic mass is 10.4. The number of halogens is 1. The number of nitrogens with one attached hydrogen (secondary N) is 1. The minimum absolute atomic E-state index is 0.147. The van der Waals surface area contributed by atoms with E-state index in [1.807, 2.05) is 0 Å². The van der Waals surface area contributed by atoms with E-state index in [2.05, 4.69) is 9.56 Å². The van der Waals surface area contributed by atoms with Crippen molar-refractivity contribution in [2.75, 3.05) is 13.2 Å². The maximum Gasteiger partial charge on any atom is 0.240 e. The molecule has 0 saturated heterocycles. The highest BCUT2D eigenvalue weighted by atomic mass is 35.5. The summed E-state index contributed by atoms with van der Waals surface area (Å²) in [6.45, 7) is 0.574. The molecule has 1 rings (SSSR count). The predicted octanol–water partition coefficient (Wildman–Crippen LogP) is 0.899. The quantitative estimate of drug-likeness (QED) is 0.591. The van der Waals surface area contributed by atoms with Crippen LogP contribution in [0.2, 0.25) is 5.02 Å². The Balaban J connectivity index is 2.64. The van der Waals surface area contributed by atoms with E-state index in [1.54, 1.807) is 12.1 Å². The Morgan fingerprint density at radius 1 is 1.44 bits per heavy atom. The maximum absolute atomic E-state index is 11.7. The molecule has 0 saturated carbocycles. The summed E-state index contributed by atoms with van der Waals surface area (Å²) in [5.41, 5.74) is 0. The molecule has 0 bridgehead atoms. The van der Waals surface area contributed by atoms with E-state index >= 15 is 0 Å². The van der Waals surface area contributed by atoms with Crippen LogP contribution < -0.4 is 10.6 Å². The minimum atomic E-state index is -3.49. The second kappa shape index (κ2) is 6.17. The largest absolute Gasteiger partial charge is 0.305 e. The molecule has 1 aromatic rings. The van der Waals surface area contributed by atoms with E-state index in [0.717, 1.165) is 0 Å². The summed E-state index contributed by atoms with van der Waals surface area (Å²) >= 11 is 5.71. The molecule has 0 spiro atoms. The van der Waals surface area contributed by atoms with E-state index in [4.69, 9.17) is 17.5 Å². The Hall–Kier alpha value is -0.660. The fourth-order valence-electron chi connectivity index (χ4n) is 1.08. The first-order valence-electron chi connectivity index (χ1n) is 4.63. The highest BCUT2D eigenvalue weighted by molar-refractivity contribution is 7.89. The summed E-state index contributed by atoms with van der Waals surface area (Å²) in [4.78, 5) is 4.47. The van der Waals surface area contributed by atoms with Gasteiger partial charge in [0.1, 0.15) is 0 Å². The van der Waals surface area contributed by atoms with Gasteiger partial charge >= 0.3 is 0 Å². The van der Waals surface area contributed by atoms with Crippen LogP contribution in [0.5, 0.6) is 0 Å². The fraction of sp³-hybridized carbons (Fsp3) is 0.333. The van der Waals surface area contributed by atoms with Crippen LogP contribution in [-0.4, -0.2) is 21.6 Å². The SMILES string of the molecule is NOCCCNS(=O)(=O)c1cccc(Cl)c1. The van der Waals surface area contributed by atoms with E-state index in [0.29, 0.717) is 18.1 Å². The second-order valence-corrected chi connectivity index (χ2v) is 5.28. The van der Waals surface area contributed by atoms with Crippen molar-refractivity contribution in [3.8, 4) is 0 Å². The number of hydrogen-bond acceptors (Lipinski definition) is 4. The summed E-state index contributed by atoms with van der Waals surface area (Å²) in [5.74, 6) is 4.81. The van der Waals surface area contributed by atoms with Crippen LogP contribution >= 0.6 is 11.6 Å². The first-order valence-corrected chi connectivity index (χ1v) is 6.49. The predicted molar refractivity (Wildman–Crippen MR) is 61.4 cm³/mol. The van der Waals surface area contributed by atoms with Crippen molar-refractivity contribution >= 4 is 21.6 Å². The summed E-state index contributed by atoms with van der Waals surface area (Å²) in [7, 11) is -3.49. The highest BCUT2D eigenvalue weighted by Gasteiger charge is 2.12. The molecule has 0 aliphatic heterocycles. The summed E-state index contributed by atoms with van der Waals surface area (Å²) < 4.78 is 25.8. The molecule has 0 heterocycles. The smallest absolute Gasteiger partial charge is 0.240 e. The third-order valence-electron chi connectivity index (χ3n) is 1.84. The molecule has 5 nitrogen and oxygen atoms in total. The van der Waals surface area contributed by atoms with Crippen LogP contribution in [0.25, 0.3) is 0 Å². The molecule has 0 unspecified atom stereocenters. The van der Waals surface area contributed by atoms with Gasteiger partial charge in [0.25, 0.3) is 0 Å². The lowest BCUT2D eigenvalue weighted by Gasteiger charge is -2.06. The van der Waals surface area contributed by atoms with Crippen molar-refractivity contribution in [2.45, 2.75) is 11.3 Å². The Morgan fingerprint density at radius 2 is 2.19 bits per heavy atom. The molecule has 3 N–H and O–H groups in total. The zero-order valence-corrected chi connectivity index (χ0v) is 10.1. The van der Waals surface area contributed by atoms with Gasteiger partial charge in [-0.25, -0.2) is 19.0 Å². The first kappa shape index (κ1) is 13.4. The van der Waals surface area contributed by atoms with E-state index in [1.165, 1.54) is 12.1 Å². The van der Waals surface area contributed by atoms with E-state index in [-0.39, 0.29) is 11.4 Å². The highest BCUT2D eigenvalue weighted by Crippen LogP contribution is 2.14. The van der Waals surface area contributed by atoms with Gasteiger partial charge in [-0.2, -0.15) is 0 Å². The molecule has 90 valence electrons. The molecular weight excluding hydrogens is 252 g/mol. The Labute approximate surface area is 99.5 Å². The van der Waals surface area contributed by atoms with E-state index in [9.17, 15) is 8.42 Å². The summed E-state index contributed by atoms with van der Waals surface area (Å²) in [6, 6.07) is 6.07. The van der Waals surface area contributed by atoms with Crippen LogP contribution in [0.15, 0.2) is 29.2 Å². The van der Waals surface area contributed by atoms with Gasteiger partial charge < -0.3 is 4.84 Å². The number of hydrogen-bond donors (Lipinski definition) is 2. The second-order valence-electron chi connectivity index (χ2n) is 3.08. The fourth-order valence-corrected chi connectivity index (χ4v) is 2.45. The van der Waals surface area contributed by atoms with Crippen LogP contribution in [-0.2, 0) is 14.9 Å². The molecule has 0 amide bonds. The van der Waals surface area contributed by atoms with Crippen molar-refractivity contribution in [1.82, 2.24) is 4.72 Å². The lowest BCUT2D eigenvalue weighted by molar-refractivity contribution is 0.136. The van der Waals surface area contributed by atoms with E-state index < -0.39 is 10.0 Å². The topological polar surface area (TPSA) is 81.4 Å². The number of rotatable bonds is 6. The molecule has 0 aliphatic rings. The third-order valence-corrected chi connectivity index (χ3v) is 3.53. The van der Waals surface area contributed by atoms with Gasteiger partial charge in [-0.1, -0.05) is 17.7 Å². The van der Waals surface area contributed by atoms with Gasteiger partial charge in [0.2, 0.25) is 10.0 Å². The number of nitrogens with two attached hydrogens (primary N) is 1. The molecular formula is C9H13ClN2O3S. The Bertz CT molecular complexity index is 436. The monoisotopic (exact) mass is 264 g/mol. The van der Waals surface area contributed by atoms with Gasteiger partial charge in [0.15, 0.2) is 0 Å². The maximum atomic E-state index is 11.7. The van der Waals surface area contributed by atoms with Crippen LogP contribution in [0, 0.1) is 0 Å². The van der Waals surface area contributed by atoms with Gasteiger partial charge in [-0.05, 0) is 24.6 Å². The normalized spacial score (nSPS) is 11.6. The number of benzene rings is 1. The Morgan fingerprint density at radius 3 is 2.81 bits per heavy atom. The molecule has 0 radical (unpaired) electrons. The molecule has 7 heteroatoms. The molecule has 1 aromatic carbocycles. The van der Waals surface area contributed by atoms with Gasteiger partial charge in [0.05, 0.1) is 11.5 Å². The van der Waals surface area contributed by atoms with Gasteiger partial charge in [-0.15, -0.1) is 0 Å². The Kier molecular flexibility index (Phi) is 5.17. The third kappa shape index (κ3) is 4.07. The van der Waals surface area contributed by atoms with Crippen LogP contribution in [0.3, 0.4) is 0 Å². The number of sulfonamides is 1. The van der Waals surface area contributed by atoms with Crippen molar-refractivity contribution in [2.24, 2.45) is 5.90 Å². The van der Waals surface area contributed by atoms with Crippen molar-refractivity contribution in [3.05, 3.63) is 29.3 Å².